The van der Waals surface area contributed by atoms with Gasteiger partial charge in [-0.3, -0.25) is 9.59 Å². The average molecular weight is 439 g/mol. The van der Waals surface area contributed by atoms with Gasteiger partial charge in [0, 0.05) is 48.3 Å². The first-order chi connectivity index (χ1) is 16.1. The Morgan fingerprint density at radius 3 is 2.21 bits per heavy atom. The third kappa shape index (κ3) is 4.20. The molecule has 5 rings (SSSR count). The van der Waals surface area contributed by atoms with Gasteiger partial charge in [0.2, 0.25) is 0 Å². The fourth-order valence-corrected chi connectivity index (χ4v) is 4.29. The van der Waals surface area contributed by atoms with E-state index < -0.39 is 0 Å². The molecular weight excluding hydrogens is 412 g/mol. The maximum atomic E-state index is 13.5. The molecule has 33 heavy (non-hydrogen) atoms. The van der Waals surface area contributed by atoms with E-state index in [9.17, 15) is 9.59 Å². The summed E-state index contributed by atoms with van der Waals surface area (Å²) in [4.78, 5) is 33.9. The van der Waals surface area contributed by atoms with Crippen LogP contribution in [0.3, 0.4) is 0 Å². The van der Waals surface area contributed by atoms with E-state index in [4.69, 9.17) is 0 Å². The zero-order valence-electron chi connectivity index (χ0n) is 18.5. The number of hydrogen-bond acceptors (Lipinski definition) is 3. The van der Waals surface area contributed by atoms with Gasteiger partial charge in [0.15, 0.2) is 0 Å². The van der Waals surface area contributed by atoms with E-state index in [2.05, 4.69) is 27.3 Å². The molecular formula is C27H26N4O2. The Morgan fingerprint density at radius 1 is 0.818 bits per heavy atom. The fraction of sp³-hybridized carbons (Fsp3) is 0.185. The van der Waals surface area contributed by atoms with Crippen LogP contribution in [0, 0.1) is 6.92 Å². The molecule has 1 saturated heterocycles. The highest BCUT2D eigenvalue weighted by molar-refractivity contribution is 6.15. The molecule has 166 valence electrons. The summed E-state index contributed by atoms with van der Waals surface area (Å²) in [6, 6.07) is 25.3. The van der Waals surface area contributed by atoms with Crippen molar-refractivity contribution in [3.8, 4) is 0 Å². The molecule has 1 aromatic heterocycles. The lowest BCUT2D eigenvalue weighted by atomic mass is 10.1. The van der Waals surface area contributed by atoms with Crippen LogP contribution in [-0.4, -0.2) is 47.9 Å². The maximum Gasteiger partial charge on any atom is 0.272 e. The number of rotatable bonds is 4. The van der Waals surface area contributed by atoms with E-state index in [1.54, 1.807) is 12.1 Å². The average Bonchev–Trinajstić information content (AvgIpc) is 3.23. The van der Waals surface area contributed by atoms with Crippen LogP contribution >= 0.6 is 0 Å². The zero-order valence-corrected chi connectivity index (χ0v) is 18.5. The van der Waals surface area contributed by atoms with Crippen molar-refractivity contribution in [3.05, 3.63) is 95.7 Å². The van der Waals surface area contributed by atoms with Crippen LogP contribution in [0.25, 0.3) is 10.9 Å². The van der Waals surface area contributed by atoms with Crippen LogP contribution < -0.4 is 10.2 Å². The monoisotopic (exact) mass is 438 g/mol. The van der Waals surface area contributed by atoms with E-state index >= 15 is 0 Å². The summed E-state index contributed by atoms with van der Waals surface area (Å²) in [6.45, 7) is 4.75. The third-order valence-corrected chi connectivity index (χ3v) is 6.16. The van der Waals surface area contributed by atoms with Gasteiger partial charge in [-0.1, -0.05) is 54.1 Å². The molecule has 6 heteroatoms. The first-order valence-corrected chi connectivity index (χ1v) is 11.2. The molecule has 0 radical (unpaired) electrons. The quantitative estimate of drug-likeness (QED) is 0.486. The number of hydrogen-bond donors (Lipinski definition) is 2. The van der Waals surface area contributed by atoms with E-state index in [0.717, 1.165) is 29.6 Å². The van der Waals surface area contributed by atoms with Gasteiger partial charge >= 0.3 is 0 Å². The van der Waals surface area contributed by atoms with Crippen LogP contribution in [0.2, 0.25) is 0 Å². The molecule has 0 atom stereocenters. The number of amides is 2. The van der Waals surface area contributed by atoms with Crippen molar-refractivity contribution in [2.45, 2.75) is 6.92 Å². The molecule has 0 spiro atoms. The van der Waals surface area contributed by atoms with E-state index in [1.165, 1.54) is 5.69 Å². The molecule has 0 saturated carbocycles. The van der Waals surface area contributed by atoms with Crippen molar-refractivity contribution < 1.29 is 9.59 Å². The number of nitrogens with one attached hydrogen (secondary N) is 2. The number of aryl methyl sites for hydroxylation is 1. The summed E-state index contributed by atoms with van der Waals surface area (Å²) < 4.78 is 0. The lowest BCUT2D eigenvalue weighted by Gasteiger charge is -2.36. The van der Waals surface area contributed by atoms with Crippen LogP contribution in [0.1, 0.15) is 26.4 Å². The summed E-state index contributed by atoms with van der Waals surface area (Å²) in [6.07, 6.45) is 0. The van der Waals surface area contributed by atoms with Gasteiger partial charge in [-0.25, -0.2) is 0 Å². The predicted octanol–water partition coefficient (Wildman–Crippen LogP) is 4.69. The highest BCUT2D eigenvalue weighted by Crippen LogP contribution is 2.30. The number of carbonyl (C=O) groups excluding carboxylic acids is 2. The lowest BCUT2D eigenvalue weighted by Crippen LogP contribution is -2.49. The van der Waals surface area contributed by atoms with Gasteiger partial charge in [-0.15, -0.1) is 0 Å². The largest absolute Gasteiger partial charge is 0.368 e. The standard InChI is InChI=1S/C27H26N4O2/c1-19-11-13-20(14-12-19)26(32)29-24-22-9-5-6-10-23(22)28-25(24)27(33)31-17-15-30(16-18-31)21-7-3-2-4-8-21/h2-14,28H,15-18H2,1H3,(H,29,32). The number of benzene rings is 3. The number of fused-ring (bicyclic) bond motifs is 1. The Hall–Kier alpha value is -4.06. The number of aromatic nitrogens is 1. The second-order valence-corrected chi connectivity index (χ2v) is 8.36. The summed E-state index contributed by atoms with van der Waals surface area (Å²) in [5, 5.41) is 3.82. The Kier molecular flexibility index (Phi) is 5.57. The minimum Gasteiger partial charge on any atom is -0.368 e. The second-order valence-electron chi connectivity index (χ2n) is 8.36. The van der Waals surface area contributed by atoms with Crippen molar-refractivity contribution in [1.29, 1.82) is 0 Å². The smallest absolute Gasteiger partial charge is 0.272 e. The summed E-state index contributed by atoms with van der Waals surface area (Å²) >= 11 is 0. The van der Waals surface area contributed by atoms with E-state index in [-0.39, 0.29) is 11.8 Å². The molecule has 2 heterocycles. The Balaban J connectivity index is 1.39. The van der Waals surface area contributed by atoms with E-state index in [1.807, 2.05) is 66.4 Å². The van der Waals surface area contributed by atoms with Crippen molar-refractivity contribution in [2.24, 2.45) is 0 Å². The minimum atomic E-state index is -0.234. The van der Waals surface area contributed by atoms with Gasteiger partial charge in [0.05, 0.1) is 5.69 Å². The van der Waals surface area contributed by atoms with Crippen LogP contribution in [0.15, 0.2) is 78.9 Å². The number of piperazine rings is 1. The normalized spacial score (nSPS) is 13.8. The number of carbonyl (C=O) groups is 2. The molecule has 0 aliphatic carbocycles. The van der Waals surface area contributed by atoms with Crippen molar-refractivity contribution in [2.75, 3.05) is 36.4 Å². The molecule has 3 aromatic carbocycles. The van der Waals surface area contributed by atoms with Crippen molar-refractivity contribution >= 4 is 34.1 Å². The van der Waals surface area contributed by atoms with Crippen molar-refractivity contribution in [1.82, 2.24) is 9.88 Å². The minimum absolute atomic E-state index is 0.0990. The molecule has 6 nitrogen and oxygen atoms in total. The highest BCUT2D eigenvalue weighted by Gasteiger charge is 2.27. The van der Waals surface area contributed by atoms with Crippen LogP contribution in [-0.2, 0) is 0 Å². The molecule has 1 aliphatic heterocycles. The number of H-pyrrole nitrogens is 1. The van der Waals surface area contributed by atoms with Crippen LogP contribution in [0.4, 0.5) is 11.4 Å². The van der Waals surface area contributed by atoms with Gasteiger partial charge in [-0.2, -0.15) is 0 Å². The molecule has 1 fully saturated rings. The van der Waals surface area contributed by atoms with Gasteiger partial charge in [0.1, 0.15) is 5.69 Å². The van der Waals surface area contributed by atoms with E-state index in [0.29, 0.717) is 30.0 Å². The molecule has 4 aromatic rings. The Bertz CT molecular complexity index is 1290. The predicted molar refractivity (Wildman–Crippen MR) is 132 cm³/mol. The third-order valence-electron chi connectivity index (χ3n) is 6.16. The summed E-state index contributed by atoms with van der Waals surface area (Å²) in [7, 11) is 0. The number of aromatic amines is 1. The lowest BCUT2D eigenvalue weighted by molar-refractivity contribution is 0.0743. The number of para-hydroxylation sites is 2. The van der Waals surface area contributed by atoms with Gasteiger partial charge < -0.3 is 20.1 Å². The molecule has 2 amide bonds. The first kappa shape index (κ1) is 20.8. The summed E-state index contributed by atoms with van der Waals surface area (Å²) in [5.74, 6) is -0.333. The second kappa shape index (κ2) is 8.82. The molecule has 0 unspecified atom stereocenters. The zero-order chi connectivity index (χ0) is 22.8. The van der Waals surface area contributed by atoms with Gasteiger partial charge in [-0.05, 0) is 37.3 Å². The fourth-order valence-electron chi connectivity index (χ4n) is 4.29. The highest BCUT2D eigenvalue weighted by atomic mass is 16.2. The summed E-state index contributed by atoms with van der Waals surface area (Å²) in [5.41, 5.74) is 4.59. The topological polar surface area (TPSA) is 68.4 Å². The SMILES string of the molecule is Cc1ccc(C(=O)Nc2c(C(=O)N3CCN(c4ccccc4)CC3)[nH]c3ccccc23)cc1. The Labute approximate surface area is 192 Å². The van der Waals surface area contributed by atoms with Crippen LogP contribution in [0.5, 0.6) is 0 Å². The molecule has 1 aliphatic rings. The molecule has 2 N–H and O–H groups in total. The maximum absolute atomic E-state index is 13.5. The Morgan fingerprint density at radius 2 is 1.48 bits per heavy atom. The molecule has 0 bridgehead atoms. The van der Waals surface area contributed by atoms with Crippen molar-refractivity contribution in [3.63, 3.8) is 0 Å². The first-order valence-electron chi connectivity index (χ1n) is 11.2. The number of nitrogens with zero attached hydrogens (tertiary/aromatic N) is 2. The number of anilines is 2. The van der Waals surface area contributed by atoms with Gasteiger partial charge in [0.25, 0.3) is 11.8 Å².